The molecule has 1 aliphatic carbocycles. The second kappa shape index (κ2) is 7.15. The molecule has 0 aliphatic heterocycles. The van der Waals surface area contributed by atoms with Gasteiger partial charge in [-0.1, -0.05) is 18.2 Å². The molecule has 0 radical (unpaired) electrons. The Kier molecular flexibility index (Phi) is 5.09. The van der Waals surface area contributed by atoms with Crippen molar-refractivity contribution in [2.24, 2.45) is 0 Å². The normalized spacial score (nSPS) is 14.3. The van der Waals surface area contributed by atoms with Crippen LogP contribution in [0.1, 0.15) is 34.3 Å². The quantitative estimate of drug-likeness (QED) is 0.774. The molecule has 1 saturated carbocycles. The molecule has 7 heteroatoms. The van der Waals surface area contributed by atoms with E-state index in [0.717, 1.165) is 25.2 Å². The highest BCUT2D eigenvalue weighted by molar-refractivity contribution is 7.89. The Morgan fingerprint density at radius 3 is 2.50 bits per heavy atom. The predicted octanol–water partition coefficient (Wildman–Crippen LogP) is 3.31. The molecule has 0 heterocycles. The van der Waals surface area contributed by atoms with Crippen molar-refractivity contribution >= 4 is 15.7 Å². The molecule has 1 aliphatic rings. The highest BCUT2D eigenvalue weighted by Crippen LogP contribution is 2.30. The predicted molar refractivity (Wildman–Crippen MR) is 94.2 cm³/mol. The van der Waals surface area contributed by atoms with Crippen molar-refractivity contribution in [3.63, 3.8) is 0 Å². The topological polar surface area (TPSA) is 54.5 Å². The first kappa shape index (κ1) is 18.5. The molecule has 0 spiro atoms. The van der Waals surface area contributed by atoms with E-state index in [0.29, 0.717) is 11.1 Å². The maximum absolute atomic E-state index is 14.0. The van der Waals surface area contributed by atoms with Crippen LogP contribution < -0.4 is 0 Å². The summed E-state index contributed by atoms with van der Waals surface area (Å²) in [5.74, 6) is -1.78. The van der Waals surface area contributed by atoms with E-state index in [1.165, 1.54) is 12.1 Å². The first-order valence-corrected chi connectivity index (χ1v) is 10.3. The van der Waals surface area contributed by atoms with Gasteiger partial charge in [-0.3, -0.25) is 4.79 Å². The molecular weight excluding hydrogens is 360 g/mol. The second-order valence-corrected chi connectivity index (χ2v) is 8.81. The molecule has 0 atom stereocenters. The Labute approximate surface area is 151 Å². The molecule has 2 aromatic carbocycles. The molecule has 26 heavy (non-hydrogen) atoms. The average molecular weight is 379 g/mol. The van der Waals surface area contributed by atoms with E-state index in [1.807, 2.05) is 0 Å². The lowest BCUT2D eigenvalue weighted by Crippen LogP contribution is -2.33. The van der Waals surface area contributed by atoms with Crippen molar-refractivity contribution in [1.82, 2.24) is 4.90 Å². The first-order valence-electron chi connectivity index (χ1n) is 8.24. The highest BCUT2D eigenvalue weighted by atomic mass is 32.2. The minimum atomic E-state index is -3.21. The number of hydrogen-bond acceptors (Lipinski definition) is 3. The third-order valence-electron chi connectivity index (χ3n) is 4.21. The van der Waals surface area contributed by atoms with Gasteiger partial charge in [0.2, 0.25) is 0 Å². The van der Waals surface area contributed by atoms with Crippen LogP contribution in [-0.2, 0) is 22.1 Å². The van der Waals surface area contributed by atoms with Crippen LogP contribution in [0.5, 0.6) is 0 Å². The Morgan fingerprint density at radius 1 is 1.15 bits per heavy atom. The molecule has 2 aromatic rings. The fraction of sp³-hybridized carbons (Fsp3) is 0.316. The van der Waals surface area contributed by atoms with Crippen LogP contribution >= 0.6 is 0 Å². The highest BCUT2D eigenvalue weighted by Gasteiger charge is 2.33. The zero-order valence-electron chi connectivity index (χ0n) is 14.3. The van der Waals surface area contributed by atoms with Gasteiger partial charge >= 0.3 is 0 Å². The van der Waals surface area contributed by atoms with E-state index in [-0.39, 0.29) is 29.8 Å². The minimum Gasteiger partial charge on any atom is -0.331 e. The smallest absolute Gasteiger partial charge is 0.254 e. The third kappa shape index (κ3) is 4.66. The van der Waals surface area contributed by atoms with Crippen LogP contribution in [0.15, 0.2) is 42.5 Å². The molecule has 138 valence electrons. The van der Waals surface area contributed by atoms with Gasteiger partial charge in [-0.15, -0.1) is 0 Å². The summed E-state index contributed by atoms with van der Waals surface area (Å²) in [6.45, 7) is 0.0475. The zero-order valence-corrected chi connectivity index (χ0v) is 15.1. The van der Waals surface area contributed by atoms with Gasteiger partial charge in [0, 0.05) is 36.0 Å². The van der Waals surface area contributed by atoms with E-state index in [9.17, 15) is 22.0 Å². The summed E-state index contributed by atoms with van der Waals surface area (Å²) in [6.07, 6.45) is 2.80. The van der Waals surface area contributed by atoms with Crippen LogP contribution in [0.4, 0.5) is 8.78 Å². The van der Waals surface area contributed by atoms with Crippen LogP contribution in [0.3, 0.4) is 0 Å². The van der Waals surface area contributed by atoms with E-state index in [4.69, 9.17) is 0 Å². The van der Waals surface area contributed by atoms with Crippen LogP contribution in [0.2, 0.25) is 0 Å². The number of carbonyl (C=O) groups excluding carboxylic acids is 1. The Hall–Kier alpha value is -2.28. The van der Waals surface area contributed by atoms with Gasteiger partial charge in [0.05, 0.1) is 5.75 Å². The van der Waals surface area contributed by atoms with Gasteiger partial charge in [0.1, 0.15) is 11.6 Å². The van der Waals surface area contributed by atoms with Gasteiger partial charge < -0.3 is 4.90 Å². The number of rotatable bonds is 6. The summed E-state index contributed by atoms with van der Waals surface area (Å²) in [4.78, 5) is 14.5. The van der Waals surface area contributed by atoms with Gasteiger partial charge in [0.25, 0.3) is 5.91 Å². The van der Waals surface area contributed by atoms with E-state index < -0.39 is 21.5 Å². The van der Waals surface area contributed by atoms with Crippen molar-refractivity contribution in [2.45, 2.75) is 31.2 Å². The molecule has 0 saturated heterocycles. The van der Waals surface area contributed by atoms with Crippen molar-refractivity contribution in [2.75, 3.05) is 6.26 Å². The molecule has 1 fully saturated rings. The fourth-order valence-electron chi connectivity index (χ4n) is 2.85. The Bertz CT molecular complexity index is 940. The lowest BCUT2D eigenvalue weighted by Gasteiger charge is -2.23. The largest absolute Gasteiger partial charge is 0.331 e. The van der Waals surface area contributed by atoms with E-state index in [1.54, 1.807) is 29.2 Å². The number of amides is 1. The summed E-state index contributed by atoms with van der Waals surface area (Å²) >= 11 is 0. The summed E-state index contributed by atoms with van der Waals surface area (Å²) in [6, 6.07) is 9.79. The van der Waals surface area contributed by atoms with E-state index >= 15 is 0 Å². The third-order valence-corrected chi connectivity index (χ3v) is 5.06. The molecule has 0 aromatic heterocycles. The zero-order chi connectivity index (χ0) is 18.9. The lowest BCUT2D eigenvalue weighted by atomic mass is 10.1. The van der Waals surface area contributed by atoms with E-state index in [2.05, 4.69) is 0 Å². The average Bonchev–Trinajstić information content (AvgIpc) is 3.37. The molecular formula is C19H19F2NO3S. The van der Waals surface area contributed by atoms with Gasteiger partial charge in [0.15, 0.2) is 9.84 Å². The number of benzene rings is 2. The SMILES string of the molecule is CS(=O)(=O)Cc1cccc(C(=O)N(Cc2ccc(F)cc2F)C2CC2)c1. The lowest BCUT2D eigenvalue weighted by molar-refractivity contribution is 0.0728. The summed E-state index contributed by atoms with van der Waals surface area (Å²) < 4.78 is 50.0. The van der Waals surface area contributed by atoms with Crippen LogP contribution in [0, 0.1) is 11.6 Å². The minimum absolute atomic E-state index is 0.0190. The Morgan fingerprint density at radius 2 is 1.88 bits per heavy atom. The molecule has 3 rings (SSSR count). The fourth-order valence-corrected chi connectivity index (χ4v) is 3.63. The number of nitrogens with zero attached hydrogens (tertiary/aromatic N) is 1. The van der Waals surface area contributed by atoms with Gasteiger partial charge in [-0.2, -0.15) is 0 Å². The van der Waals surface area contributed by atoms with Crippen LogP contribution in [0.25, 0.3) is 0 Å². The second-order valence-electron chi connectivity index (χ2n) is 6.67. The van der Waals surface area contributed by atoms with Crippen molar-refractivity contribution in [1.29, 1.82) is 0 Å². The maximum atomic E-state index is 14.0. The summed E-state index contributed by atoms with van der Waals surface area (Å²) in [7, 11) is -3.21. The van der Waals surface area contributed by atoms with Gasteiger partial charge in [-0.25, -0.2) is 17.2 Å². The van der Waals surface area contributed by atoms with Crippen molar-refractivity contribution < 1.29 is 22.0 Å². The molecule has 1 amide bonds. The number of halogens is 2. The molecule has 4 nitrogen and oxygen atoms in total. The van der Waals surface area contributed by atoms with Crippen LogP contribution in [-0.4, -0.2) is 31.5 Å². The first-order chi connectivity index (χ1) is 12.2. The van der Waals surface area contributed by atoms with Crippen molar-refractivity contribution in [3.8, 4) is 0 Å². The molecule has 0 bridgehead atoms. The van der Waals surface area contributed by atoms with Crippen molar-refractivity contribution in [3.05, 3.63) is 70.8 Å². The summed E-state index contributed by atoms with van der Waals surface area (Å²) in [5.41, 5.74) is 1.14. The molecule has 0 unspecified atom stereocenters. The summed E-state index contributed by atoms with van der Waals surface area (Å²) in [5, 5.41) is 0. The Balaban J connectivity index is 1.84. The number of carbonyl (C=O) groups is 1. The maximum Gasteiger partial charge on any atom is 0.254 e. The molecule has 0 N–H and O–H groups in total. The monoisotopic (exact) mass is 379 g/mol. The number of hydrogen-bond donors (Lipinski definition) is 0. The van der Waals surface area contributed by atoms with Gasteiger partial charge in [-0.05, 0) is 36.6 Å². The standard InChI is InChI=1S/C19H19F2NO3S/c1-26(24,25)12-13-3-2-4-14(9-13)19(23)22(17-7-8-17)11-15-5-6-16(20)10-18(15)21/h2-6,9-10,17H,7-8,11-12H2,1H3. The number of sulfone groups is 1.